The number of rotatable bonds is 6. The molecule has 1 aromatic heterocycles. The third kappa shape index (κ3) is 4.56. The summed E-state index contributed by atoms with van der Waals surface area (Å²) in [4.78, 5) is 8.78. The van der Waals surface area contributed by atoms with Gasteiger partial charge >= 0.3 is 0 Å². The lowest BCUT2D eigenvalue weighted by Gasteiger charge is -2.11. The number of hydrogen-bond donors (Lipinski definition) is 2. The molecule has 0 bridgehead atoms. The molecule has 7 heteroatoms. The zero-order valence-electron chi connectivity index (χ0n) is 11.8. The van der Waals surface area contributed by atoms with Crippen LogP contribution >= 0.6 is 27.5 Å². The Morgan fingerprint density at radius 1 is 1.24 bits per heavy atom. The van der Waals surface area contributed by atoms with Gasteiger partial charge in [-0.15, -0.1) is 0 Å². The highest BCUT2D eigenvalue weighted by molar-refractivity contribution is 9.10. The molecule has 0 amide bonds. The molecule has 21 heavy (non-hydrogen) atoms. The summed E-state index contributed by atoms with van der Waals surface area (Å²) < 4.78 is 5.95. The van der Waals surface area contributed by atoms with Crippen LogP contribution < -0.4 is 10.6 Å². The minimum absolute atomic E-state index is 0.356. The van der Waals surface area contributed by atoms with Crippen molar-refractivity contribution in [3.63, 3.8) is 0 Å². The topological polar surface area (TPSA) is 59.1 Å². The number of ether oxygens (including phenoxy) is 1. The van der Waals surface area contributed by atoms with Gasteiger partial charge in [0.15, 0.2) is 5.82 Å². The highest BCUT2D eigenvalue weighted by Crippen LogP contribution is 2.27. The Kier molecular flexibility index (Phi) is 5.78. The molecule has 0 spiro atoms. The summed E-state index contributed by atoms with van der Waals surface area (Å²) in [7, 11) is 1.62. The maximum Gasteiger partial charge on any atom is 0.158 e. The summed E-state index contributed by atoms with van der Waals surface area (Å²) >= 11 is 9.46. The molecular formula is C14H16BrClN4O. The van der Waals surface area contributed by atoms with Crippen LogP contribution in [0.15, 0.2) is 28.7 Å². The molecule has 2 aromatic rings. The predicted molar refractivity (Wildman–Crippen MR) is 89.3 cm³/mol. The maximum atomic E-state index is 6.09. The van der Waals surface area contributed by atoms with Gasteiger partial charge in [-0.1, -0.05) is 11.6 Å². The van der Waals surface area contributed by atoms with Gasteiger partial charge in [0.25, 0.3) is 0 Å². The number of hydrogen-bond acceptors (Lipinski definition) is 5. The molecule has 0 saturated carbocycles. The number of methoxy groups -OCH3 is 1. The summed E-state index contributed by atoms with van der Waals surface area (Å²) in [6, 6.07) is 7.48. The van der Waals surface area contributed by atoms with Gasteiger partial charge in [-0.05, 0) is 41.1 Å². The average Bonchev–Trinajstić information content (AvgIpc) is 2.43. The first-order valence-corrected chi connectivity index (χ1v) is 7.62. The zero-order chi connectivity index (χ0) is 15.2. The summed E-state index contributed by atoms with van der Waals surface area (Å²) in [5.41, 5.74) is 0.854. The van der Waals surface area contributed by atoms with E-state index in [4.69, 9.17) is 16.3 Å². The van der Waals surface area contributed by atoms with Crippen LogP contribution in [-0.2, 0) is 11.3 Å². The lowest BCUT2D eigenvalue weighted by atomic mass is 10.3. The van der Waals surface area contributed by atoms with Crippen LogP contribution in [0.2, 0.25) is 5.02 Å². The SMILES string of the molecule is CCNc1cc(Nc2ccc(Br)c(Cl)c2)nc(COC)n1. The van der Waals surface area contributed by atoms with Crippen molar-refractivity contribution >= 4 is 44.9 Å². The van der Waals surface area contributed by atoms with Gasteiger partial charge in [0, 0.05) is 29.9 Å². The molecule has 1 heterocycles. The van der Waals surface area contributed by atoms with Crippen molar-refractivity contribution in [2.75, 3.05) is 24.3 Å². The number of anilines is 3. The molecule has 0 radical (unpaired) electrons. The number of halogens is 2. The Balaban J connectivity index is 2.26. The number of benzene rings is 1. The molecule has 0 aliphatic rings. The molecule has 0 fully saturated rings. The molecule has 5 nitrogen and oxygen atoms in total. The molecular weight excluding hydrogens is 356 g/mol. The standard InChI is InChI=1S/C14H16BrClN4O/c1-3-17-12-7-13(20-14(19-12)8-21-2)18-9-4-5-10(15)11(16)6-9/h4-7H,3,8H2,1-2H3,(H2,17,18,19,20). The van der Waals surface area contributed by atoms with Crippen LogP contribution in [-0.4, -0.2) is 23.6 Å². The van der Waals surface area contributed by atoms with E-state index in [0.717, 1.165) is 22.5 Å². The van der Waals surface area contributed by atoms with E-state index in [1.165, 1.54) is 0 Å². The van der Waals surface area contributed by atoms with Crippen molar-refractivity contribution in [1.29, 1.82) is 0 Å². The van der Waals surface area contributed by atoms with Crippen molar-refractivity contribution in [2.45, 2.75) is 13.5 Å². The highest BCUT2D eigenvalue weighted by Gasteiger charge is 2.06. The fraction of sp³-hybridized carbons (Fsp3) is 0.286. The van der Waals surface area contributed by atoms with Crippen LogP contribution in [0, 0.1) is 0 Å². The Morgan fingerprint density at radius 2 is 2.00 bits per heavy atom. The van der Waals surface area contributed by atoms with Crippen LogP contribution in [0.25, 0.3) is 0 Å². The van der Waals surface area contributed by atoms with E-state index in [2.05, 4.69) is 36.5 Å². The normalized spacial score (nSPS) is 10.5. The fourth-order valence-corrected chi connectivity index (χ4v) is 2.18. The largest absolute Gasteiger partial charge is 0.377 e. The third-order valence-electron chi connectivity index (χ3n) is 2.60. The van der Waals surface area contributed by atoms with Crippen LogP contribution in [0.5, 0.6) is 0 Å². The predicted octanol–water partition coefficient (Wildman–Crippen LogP) is 4.21. The molecule has 0 saturated heterocycles. The monoisotopic (exact) mass is 370 g/mol. The summed E-state index contributed by atoms with van der Waals surface area (Å²) in [6.45, 7) is 3.15. The molecule has 2 rings (SSSR count). The second-order valence-corrected chi connectivity index (χ2v) is 5.53. The van der Waals surface area contributed by atoms with Gasteiger partial charge in [0.05, 0.1) is 5.02 Å². The van der Waals surface area contributed by atoms with Crippen molar-refractivity contribution < 1.29 is 4.74 Å². The average molecular weight is 372 g/mol. The zero-order valence-corrected chi connectivity index (χ0v) is 14.1. The highest BCUT2D eigenvalue weighted by atomic mass is 79.9. The van der Waals surface area contributed by atoms with E-state index in [1.807, 2.05) is 31.2 Å². The Labute approximate surface area is 137 Å². The van der Waals surface area contributed by atoms with E-state index < -0.39 is 0 Å². The van der Waals surface area contributed by atoms with E-state index in [-0.39, 0.29) is 0 Å². The summed E-state index contributed by atoms with van der Waals surface area (Å²) in [6.07, 6.45) is 0. The summed E-state index contributed by atoms with van der Waals surface area (Å²) in [5.74, 6) is 2.05. The molecule has 0 aliphatic heterocycles. The van der Waals surface area contributed by atoms with Gasteiger partial charge in [0.1, 0.15) is 18.2 Å². The Morgan fingerprint density at radius 3 is 2.67 bits per heavy atom. The Bertz CT molecular complexity index is 600. The van der Waals surface area contributed by atoms with Crippen LogP contribution in [0.1, 0.15) is 12.7 Å². The Hall–Kier alpha value is -1.37. The third-order valence-corrected chi connectivity index (χ3v) is 3.83. The van der Waals surface area contributed by atoms with Crippen molar-refractivity contribution in [3.05, 3.63) is 39.6 Å². The number of nitrogens with one attached hydrogen (secondary N) is 2. The van der Waals surface area contributed by atoms with Crippen molar-refractivity contribution in [3.8, 4) is 0 Å². The van der Waals surface area contributed by atoms with Gasteiger partial charge in [-0.3, -0.25) is 0 Å². The molecule has 0 atom stereocenters. The van der Waals surface area contributed by atoms with E-state index in [0.29, 0.717) is 23.3 Å². The molecule has 0 aliphatic carbocycles. The van der Waals surface area contributed by atoms with E-state index in [9.17, 15) is 0 Å². The summed E-state index contributed by atoms with van der Waals surface area (Å²) in [5, 5.41) is 7.03. The first-order chi connectivity index (χ1) is 10.1. The fourth-order valence-electron chi connectivity index (χ4n) is 1.75. The minimum atomic E-state index is 0.356. The first-order valence-electron chi connectivity index (χ1n) is 6.45. The van der Waals surface area contributed by atoms with E-state index >= 15 is 0 Å². The molecule has 2 N–H and O–H groups in total. The first kappa shape index (κ1) is 16.0. The van der Waals surface area contributed by atoms with Crippen LogP contribution in [0.4, 0.5) is 17.3 Å². The van der Waals surface area contributed by atoms with Gasteiger partial charge < -0.3 is 15.4 Å². The second-order valence-electron chi connectivity index (χ2n) is 4.27. The smallest absolute Gasteiger partial charge is 0.158 e. The van der Waals surface area contributed by atoms with Crippen molar-refractivity contribution in [1.82, 2.24) is 9.97 Å². The maximum absolute atomic E-state index is 6.09. The lowest BCUT2D eigenvalue weighted by Crippen LogP contribution is -2.06. The van der Waals surface area contributed by atoms with Gasteiger partial charge in [-0.25, -0.2) is 9.97 Å². The van der Waals surface area contributed by atoms with Gasteiger partial charge in [0.2, 0.25) is 0 Å². The van der Waals surface area contributed by atoms with Crippen LogP contribution in [0.3, 0.4) is 0 Å². The number of aromatic nitrogens is 2. The molecule has 1 aromatic carbocycles. The second kappa shape index (κ2) is 7.59. The molecule has 0 unspecified atom stereocenters. The van der Waals surface area contributed by atoms with Crippen molar-refractivity contribution in [2.24, 2.45) is 0 Å². The lowest BCUT2D eigenvalue weighted by molar-refractivity contribution is 0.178. The number of nitrogens with zero attached hydrogens (tertiary/aromatic N) is 2. The quantitative estimate of drug-likeness (QED) is 0.796. The van der Waals surface area contributed by atoms with E-state index in [1.54, 1.807) is 7.11 Å². The molecule has 112 valence electrons. The van der Waals surface area contributed by atoms with Gasteiger partial charge in [-0.2, -0.15) is 0 Å². The minimum Gasteiger partial charge on any atom is -0.377 e.